The van der Waals surface area contributed by atoms with Gasteiger partial charge in [-0.05, 0) is 54.5 Å². The molecule has 0 heterocycles. The zero-order valence-electron chi connectivity index (χ0n) is 16.1. The third-order valence-corrected chi connectivity index (χ3v) is 5.57. The lowest BCUT2D eigenvalue weighted by Crippen LogP contribution is -2.15. The van der Waals surface area contributed by atoms with Gasteiger partial charge in [0.15, 0.2) is 0 Å². The van der Waals surface area contributed by atoms with E-state index in [-0.39, 0.29) is 35.4 Å². The highest BCUT2D eigenvalue weighted by molar-refractivity contribution is 5.87. The van der Waals surface area contributed by atoms with Gasteiger partial charge in [-0.1, -0.05) is 42.5 Å². The summed E-state index contributed by atoms with van der Waals surface area (Å²) in [6, 6.07) is 13.1. The van der Waals surface area contributed by atoms with E-state index in [1.54, 1.807) is 48.5 Å². The molecule has 5 heteroatoms. The predicted molar refractivity (Wildman–Crippen MR) is 108 cm³/mol. The molecular weight excluding hydrogens is 371 g/mol. The Morgan fingerprint density at radius 1 is 1.17 bits per heavy atom. The fourth-order valence-corrected chi connectivity index (χ4v) is 3.90. The standard InChI is InChI=1S/C24H25FO4/c25-22-4-2-1-3-19(22)15-20(26)12-10-17-11-14-23(27)21(17)13-7-16-5-8-18(9-6-16)24(28)29/h1-6,8-10,12,17,20-21,26H,7,11,13-15H2,(H,28,29)/b12-10+/t17?,20?,21-/m1/s1. The van der Waals surface area contributed by atoms with E-state index >= 15 is 0 Å². The molecule has 2 N–H and O–H groups in total. The molecule has 2 aromatic rings. The maximum atomic E-state index is 13.7. The summed E-state index contributed by atoms with van der Waals surface area (Å²) in [5, 5.41) is 19.2. The fourth-order valence-electron chi connectivity index (χ4n) is 3.90. The smallest absolute Gasteiger partial charge is 0.335 e. The third kappa shape index (κ3) is 5.61. The van der Waals surface area contributed by atoms with Gasteiger partial charge in [0, 0.05) is 18.8 Å². The summed E-state index contributed by atoms with van der Waals surface area (Å²) >= 11 is 0. The minimum atomic E-state index is -0.957. The van der Waals surface area contributed by atoms with Crippen molar-refractivity contribution in [1.82, 2.24) is 0 Å². The molecule has 0 aliphatic heterocycles. The number of aliphatic hydroxyl groups excluding tert-OH is 1. The predicted octanol–water partition coefficient (Wildman–Crippen LogP) is 4.21. The summed E-state index contributed by atoms with van der Waals surface area (Å²) in [5.41, 5.74) is 1.71. The summed E-state index contributed by atoms with van der Waals surface area (Å²) in [5.74, 6) is -1.10. The maximum absolute atomic E-state index is 13.7. The molecule has 1 aliphatic carbocycles. The molecule has 1 aliphatic rings. The zero-order valence-corrected chi connectivity index (χ0v) is 16.1. The highest BCUT2D eigenvalue weighted by Gasteiger charge is 2.32. The average Bonchev–Trinajstić information content (AvgIpc) is 3.06. The second kappa shape index (κ2) is 9.61. The van der Waals surface area contributed by atoms with Gasteiger partial charge in [-0.25, -0.2) is 9.18 Å². The maximum Gasteiger partial charge on any atom is 0.335 e. The van der Waals surface area contributed by atoms with Crippen molar-refractivity contribution in [2.75, 3.05) is 0 Å². The van der Waals surface area contributed by atoms with Crippen LogP contribution in [0.3, 0.4) is 0 Å². The number of allylic oxidation sites excluding steroid dienone is 1. The van der Waals surface area contributed by atoms with E-state index in [1.165, 1.54) is 6.07 Å². The highest BCUT2D eigenvalue weighted by Crippen LogP contribution is 2.33. The van der Waals surface area contributed by atoms with Crippen LogP contribution in [-0.2, 0) is 17.6 Å². The second-order valence-electron chi connectivity index (χ2n) is 7.56. The largest absolute Gasteiger partial charge is 0.478 e. The molecule has 2 aromatic carbocycles. The molecule has 3 rings (SSSR count). The molecule has 0 saturated heterocycles. The van der Waals surface area contributed by atoms with E-state index < -0.39 is 12.1 Å². The number of aliphatic hydroxyl groups is 1. The van der Waals surface area contributed by atoms with Crippen LogP contribution in [0.2, 0.25) is 0 Å². The third-order valence-electron chi connectivity index (χ3n) is 5.57. The van der Waals surface area contributed by atoms with Gasteiger partial charge >= 0.3 is 5.97 Å². The molecule has 1 fully saturated rings. The number of benzene rings is 2. The number of hydrogen-bond acceptors (Lipinski definition) is 3. The van der Waals surface area contributed by atoms with Crippen molar-refractivity contribution in [2.45, 2.75) is 38.2 Å². The molecule has 0 bridgehead atoms. The number of aromatic carboxylic acids is 1. The van der Waals surface area contributed by atoms with Gasteiger partial charge in [-0.2, -0.15) is 0 Å². The van der Waals surface area contributed by atoms with Crippen LogP contribution >= 0.6 is 0 Å². The van der Waals surface area contributed by atoms with Crippen molar-refractivity contribution >= 4 is 11.8 Å². The van der Waals surface area contributed by atoms with Crippen molar-refractivity contribution in [3.8, 4) is 0 Å². The Balaban J connectivity index is 1.57. The minimum absolute atomic E-state index is 0.0658. The van der Waals surface area contributed by atoms with Crippen LogP contribution in [0.1, 0.15) is 40.7 Å². The Morgan fingerprint density at radius 2 is 1.90 bits per heavy atom. The van der Waals surface area contributed by atoms with Crippen molar-refractivity contribution < 1.29 is 24.2 Å². The number of aryl methyl sites for hydroxylation is 1. The van der Waals surface area contributed by atoms with Crippen LogP contribution in [0.25, 0.3) is 0 Å². The fraction of sp³-hybridized carbons (Fsp3) is 0.333. The number of carbonyl (C=O) groups is 2. The van der Waals surface area contributed by atoms with Crippen molar-refractivity contribution in [3.05, 3.63) is 83.2 Å². The van der Waals surface area contributed by atoms with Crippen molar-refractivity contribution in [2.24, 2.45) is 11.8 Å². The number of hydrogen-bond donors (Lipinski definition) is 2. The Labute approximate surface area is 169 Å². The Kier molecular flexibility index (Phi) is 6.94. The number of halogens is 1. The summed E-state index contributed by atoms with van der Waals surface area (Å²) in [7, 11) is 0. The van der Waals surface area contributed by atoms with Gasteiger partial charge < -0.3 is 10.2 Å². The van der Waals surface area contributed by atoms with Gasteiger partial charge in [0.05, 0.1) is 11.7 Å². The molecule has 0 spiro atoms. The summed E-state index contributed by atoms with van der Waals surface area (Å²) in [6.07, 6.45) is 5.63. The van der Waals surface area contributed by atoms with E-state index in [1.807, 2.05) is 6.08 Å². The molecule has 0 aromatic heterocycles. The van der Waals surface area contributed by atoms with Gasteiger partial charge in [0.25, 0.3) is 0 Å². The van der Waals surface area contributed by atoms with Crippen molar-refractivity contribution in [3.63, 3.8) is 0 Å². The van der Waals surface area contributed by atoms with Gasteiger partial charge in [-0.15, -0.1) is 0 Å². The van der Waals surface area contributed by atoms with Crippen LogP contribution in [0.5, 0.6) is 0 Å². The number of ketones is 1. The highest BCUT2D eigenvalue weighted by atomic mass is 19.1. The van der Waals surface area contributed by atoms with E-state index in [4.69, 9.17) is 5.11 Å². The first-order valence-corrected chi connectivity index (χ1v) is 9.89. The first-order chi connectivity index (χ1) is 13.9. The van der Waals surface area contributed by atoms with Gasteiger partial charge in [0.1, 0.15) is 11.6 Å². The number of carboxylic acids is 1. The lowest BCUT2D eigenvalue weighted by Gasteiger charge is -2.16. The van der Waals surface area contributed by atoms with Crippen LogP contribution in [0.15, 0.2) is 60.7 Å². The van der Waals surface area contributed by atoms with E-state index in [2.05, 4.69) is 0 Å². The van der Waals surface area contributed by atoms with E-state index in [9.17, 15) is 19.1 Å². The Morgan fingerprint density at radius 3 is 2.59 bits per heavy atom. The number of rotatable bonds is 8. The summed E-state index contributed by atoms with van der Waals surface area (Å²) in [6.45, 7) is 0. The second-order valence-corrected chi connectivity index (χ2v) is 7.56. The van der Waals surface area contributed by atoms with Crippen molar-refractivity contribution in [1.29, 1.82) is 0 Å². The normalized spacial score (nSPS) is 20.3. The van der Waals surface area contributed by atoms with Crippen LogP contribution in [0, 0.1) is 17.7 Å². The summed E-state index contributed by atoms with van der Waals surface area (Å²) in [4.78, 5) is 23.2. The lowest BCUT2D eigenvalue weighted by atomic mass is 9.88. The molecular formula is C24H25FO4. The number of carboxylic acid groups (broad SMARTS) is 1. The van der Waals surface area contributed by atoms with E-state index in [0.29, 0.717) is 24.8 Å². The number of carbonyl (C=O) groups excluding carboxylic acids is 1. The topological polar surface area (TPSA) is 74.6 Å². The summed E-state index contributed by atoms with van der Waals surface area (Å²) < 4.78 is 13.7. The molecule has 0 amide bonds. The molecule has 152 valence electrons. The quantitative estimate of drug-likeness (QED) is 0.656. The molecule has 29 heavy (non-hydrogen) atoms. The first kappa shape index (κ1) is 20.9. The molecule has 1 saturated carbocycles. The molecule has 4 nitrogen and oxygen atoms in total. The van der Waals surface area contributed by atoms with Crippen LogP contribution in [-0.4, -0.2) is 28.1 Å². The SMILES string of the molecule is O=C(O)c1ccc(CC[C@H]2C(=O)CCC2/C=C/C(O)Cc2ccccc2F)cc1. The average molecular weight is 396 g/mol. The first-order valence-electron chi connectivity index (χ1n) is 9.89. The molecule has 3 atom stereocenters. The zero-order chi connectivity index (χ0) is 20.8. The molecule has 2 unspecified atom stereocenters. The lowest BCUT2D eigenvalue weighted by molar-refractivity contribution is -0.121. The Hall–Kier alpha value is -2.79. The number of Topliss-reactive ketones (excluding diaryl/α,β-unsaturated/α-hetero) is 1. The molecule has 0 radical (unpaired) electrons. The van der Waals surface area contributed by atoms with Crippen LogP contribution < -0.4 is 0 Å². The van der Waals surface area contributed by atoms with E-state index in [0.717, 1.165) is 12.0 Å². The van der Waals surface area contributed by atoms with Crippen LogP contribution in [0.4, 0.5) is 4.39 Å². The van der Waals surface area contributed by atoms with Gasteiger partial charge in [-0.3, -0.25) is 4.79 Å². The minimum Gasteiger partial charge on any atom is -0.478 e. The van der Waals surface area contributed by atoms with Gasteiger partial charge in [0.2, 0.25) is 0 Å². The Bertz CT molecular complexity index is 888. The monoisotopic (exact) mass is 396 g/mol.